The van der Waals surface area contributed by atoms with Crippen molar-refractivity contribution < 1.29 is 0 Å². The van der Waals surface area contributed by atoms with E-state index in [1.54, 1.807) is 11.3 Å². The van der Waals surface area contributed by atoms with Crippen molar-refractivity contribution in [2.45, 2.75) is 13.5 Å². The van der Waals surface area contributed by atoms with E-state index in [0.29, 0.717) is 0 Å². The van der Waals surface area contributed by atoms with Gasteiger partial charge in [0.25, 0.3) is 0 Å². The van der Waals surface area contributed by atoms with Crippen LogP contribution in [0.3, 0.4) is 0 Å². The third-order valence-electron chi connectivity index (χ3n) is 2.68. The Hall–Kier alpha value is -0.820. The zero-order chi connectivity index (χ0) is 13.1. The molecule has 0 aliphatic heterocycles. The average Bonchev–Trinajstić information content (AvgIpc) is 2.73. The normalized spacial score (nSPS) is 10.4. The van der Waals surface area contributed by atoms with E-state index in [1.165, 1.54) is 19.8 Å². The van der Waals surface area contributed by atoms with Crippen molar-refractivity contribution in [1.82, 2.24) is 4.98 Å². The number of aromatic nitrogens is 1. The van der Waals surface area contributed by atoms with Crippen LogP contribution in [0.5, 0.6) is 0 Å². The molecule has 0 spiro atoms. The second-order valence-corrected chi connectivity index (χ2v) is 7.31. The maximum Gasteiger partial charge on any atom is 0.113 e. The monoisotopic (exact) mass is 373 g/mol. The Kier molecular flexibility index (Phi) is 4.45. The molecule has 96 valence electrons. The molecule has 0 radical (unpaired) electrons. The molecule has 5 heteroatoms. The highest BCUT2D eigenvalue weighted by molar-refractivity contribution is 14.1. The molecule has 2 aromatic rings. The molecule has 1 heterocycles. The summed E-state index contributed by atoms with van der Waals surface area (Å²) in [4.78, 5) is 6.46. The number of nitrogens with zero attached hydrogens (tertiary/aromatic N) is 2. The molecule has 18 heavy (non-hydrogen) atoms. The van der Waals surface area contributed by atoms with Crippen LogP contribution in [0.2, 0.25) is 0 Å². The molecule has 0 saturated heterocycles. The third-order valence-corrected chi connectivity index (χ3v) is 4.41. The lowest BCUT2D eigenvalue weighted by Gasteiger charge is -2.15. The number of thiazole rings is 1. The molecule has 3 nitrogen and oxygen atoms in total. The van der Waals surface area contributed by atoms with Gasteiger partial charge in [0.05, 0.1) is 15.6 Å². The highest BCUT2D eigenvalue weighted by atomic mass is 127. The van der Waals surface area contributed by atoms with Crippen molar-refractivity contribution in [2.75, 3.05) is 24.3 Å². The van der Waals surface area contributed by atoms with E-state index in [-0.39, 0.29) is 0 Å². The Balaban J connectivity index is 2.05. The predicted molar refractivity (Wildman–Crippen MR) is 87.7 cm³/mol. The fourth-order valence-corrected chi connectivity index (χ4v) is 3.15. The van der Waals surface area contributed by atoms with Crippen LogP contribution in [-0.2, 0) is 6.54 Å². The molecule has 0 saturated carbocycles. The number of hydrogen-bond donors (Lipinski definition) is 1. The van der Waals surface area contributed by atoms with Crippen molar-refractivity contribution in [3.63, 3.8) is 0 Å². The quantitative estimate of drug-likeness (QED) is 0.828. The minimum absolute atomic E-state index is 0.788. The Labute approximate surface area is 125 Å². The van der Waals surface area contributed by atoms with Crippen molar-refractivity contribution in [1.29, 1.82) is 0 Å². The van der Waals surface area contributed by atoms with Crippen LogP contribution in [0.15, 0.2) is 24.4 Å². The lowest BCUT2D eigenvalue weighted by atomic mass is 10.1. The van der Waals surface area contributed by atoms with E-state index in [1.807, 2.05) is 6.20 Å². The van der Waals surface area contributed by atoms with E-state index in [9.17, 15) is 0 Å². The second-order valence-electron chi connectivity index (χ2n) is 4.31. The summed E-state index contributed by atoms with van der Waals surface area (Å²) < 4.78 is 1.23. The van der Waals surface area contributed by atoms with Gasteiger partial charge in [-0.05, 0) is 53.3 Å². The zero-order valence-electron chi connectivity index (χ0n) is 10.7. The molecule has 2 rings (SSSR count). The number of aryl methyl sites for hydroxylation is 1. The van der Waals surface area contributed by atoms with Crippen LogP contribution in [0.25, 0.3) is 0 Å². The van der Waals surface area contributed by atoms with Gasteiger partial charge < -0.3 is 10.2 Å². The zero-order valence-corrected chi connectivity index (χ0v) is 13.7. The first-order valence-electron chi connectivity index (χ1n) is 5.68. The van der Waals surface area contributed by atoms with Crippen molar-refractivity contribution in [3.8, 4) is 0 Å². The van der Waals surface area contributed by atoms with Crippen molar-refractivity contribution in [2.24, 2.45) is 0 Å². The van der Waals surface area contributed by atoms with Gasteiger partial charge in [0.2, 0.25) is 0 Å². The molecule has 0 atom stereocenters. The van der Waals surface area contributed by atoms with Gasteiger partial charge in [-0.3, -0.25) is 0 Å². The number of halogens is 1. The molecule has 0 aliphatic carbocycles. The second kappa shape index (κ2) is 5.88. The first-order valence-corrected chi connectivity index (χ1v) is 7.58. The fraction of sp³-hybridized carbons (Fsp3) is 0.308. The molecule has 1 aromatic carbocycles. The van der Waals surface area contributed by atoms with Gasteiger partial charge in [-0.15, -0.1) is 11.3 Å². The van der Waals surface area contributed by atoms with E-state index in [2.05, 4.69) is 77.0 Å². The lowest BCUT2D eigenvalue weighted by molar-refractivity contribution is 1.09. The SMILES string of the molecule is Cc1cc(N(C)C)ccc1NCc1ncc(I)s1. The molecule has 0 aliphatic rings. The van der Waals surface area contributed by atoms with Gasteiger partial charge in [-0.2, -0.15) is 0 Å². The molecule has 0 amide bonds. The van der Waals surface area contributed by atoms with Gasteiger partial charge in [0.15, 0.2) is 0 Å². The van der Waals surface area contributed by atoms with Crippen LogP contribution in [-0.4, -0.2) is 19.1 Å². The van der Waals surface area contributed by atoms with Gasteiger partial charge in [0, 0.05) is 25.5 Å². The maximum absolute atomic E-state index is 4.35. The van der Waals surface area contributed by atoms with Gasteiger partial charge in [-0.25, -0.2) is 4.98 Å². The molecule has 0 unspecified atom stereocenters. The summed E-state index contributed by atoms with van der Waals surface area (Å²) in [6.45, 7) is 2.91. The minimum atomic E-state index is 0.788. The molecule has 1 aromatic heterocycles. The van der Waals surface area contributed by atoms with Crippen LogP contribution in [0.4, 0.5) is 11.4 Å². The maximum atomic E-state index is 4.35. The lowest BCUT2D eigenvalue weighted by Crippen LogP contribution is -2.09. The largest absolute Gasteiger partial charge is 0.378 e. The number of benzene rings is 1. The van der Waals surface area contributed by atoms with Crippen LogP contribution < -0.4 is 10.2 Å². The van der Waals surface area contributed by atoms with Crippen molar-refractivity contribution >= 4 is 45.3 Å². The minimum Gasteiger partial charge on any atom is -0.378 e. The highest BCUT2D eigenvalue weighted by Crippen LogP contribution is 2.22. The third kappa shape index (κ3) is 3.35. The van der Waals surface area contributed by atoms with E-state index < -0.39 is 0 Å². The van der Waals surface area contributed by atoms with Crippen LogP contribution >= 0.6 is 33.9 Å². The predicted octanol–water partition coefficient (Wildman–Crippen LogP) is 3.73. The number of rotatable bonds is 4. The van der Waals surface area contributed by atoms with Gasteiger partial charge in [0.1, 0.15) is 5.01 Å². The fourth-order valence-electron chi connectivity index (χ4n) is 1.66. The smallest absolute Gasteiger partial charge is 0.113 e. The average molecular weight is 373 g/mol. The summed E-state index contributed by atoms with van der Waals surface area (Å²) in [6.07, 6.45) is 1.91. The Morgan fingerprint density at radius 2 is 2.17 bits per heavy atom. The topological polar surface area (TPSA) is 28.2 Å². The standard InChI is InChI=1S/C13H16IN3S/c1-9-6-10(17(2)3)4-5-11(9)15-8-13-16-7-12(14)18-13/h4-7,15H,8H2,1-3H3. The number of anilines is 2. The molecule has 0 bridgehead atoms. The molecular formula is C13H16IN3S. The van der Waals surface area contributed by atoms with E-state index >= 15 is 0 Å². The van der Waals surface area contributed by atoms with Crippen molar-refractivity contribution in [3.05, 3.63) is 37.9 Å². The molecule has 0 fully saturated rings. The Bertz CT molecular complexity index is 537. The first-order chi connectivity index (χ1) is 8.56. The summed E-state index contributed by atoms with van der Waals surface area (Å²) >= 11 is 4.02. The molecule has 1 N–H and O–H groups in total. The number of hydrogen-bond acceptors (Lipinski definition) is 4. The summed E-state index contributed by atoms with van der Waals surface area (Å²) in [5, 5.41) is 4.56. The summed E-state index contributed by atoms with van der Waals surface area (Å²) in [5.74, 6) is 0. The summed E-state index contributed by atoms with van der Waals surface area (Å²) in [7, 11) is 4.11. The molecular weight excluding hydrogens is 357 g/mol. The van der Waals surface area contributed by atoms with E-state index in [0.717, 1.165) is 11.6 Å². The van der Waals surface area contributed by atoms with Gasteiger partial charge >= 0.3 is 0 Å². The summed E-state index contributed by atoms with van der Waals surface area (Å²) in [6, 6.07) is 6.44. The van der Waals surface area contributed by atoms with E-state index in [4.69, 9.17) is 0 Å². The first kappa shape index (κ1) is 13.6. The number of nitrogens with one attached hydrogen (secondary N) is 1. The van der Waals surface area contributed by atoms with Gasteiger partial charge in [-0.1, -0.05) is 0 Å². The Morgan fingerprint density at radius 3 is 2.72 bits per heavy atom. The highest BCUT2D eigenvalue weighted by Gasteiger charge is 2.03. The van der Waals surface area contributed by atoms with Crippen LogP contribution in [0.1, 0.15) is 10.6 Å². The van der Waals surface area contributed by atoms with Crippen LogP contribution in [0, 0.1) is 9.81 Å². The summed E-state index contributed by atoms with van der Waals surface area (Å²) in [5.41, 5.74) is 3.65. The Morgan fingerprint density at radius 1 is 1.39 bits per heavy atom.